The van der Waals surface area contributed by atoms with Crippen LogP contribution in [0.1, 0.15) is 0 Å². The number of hydrogen-bond donors (Lipinski definition) is 0. The van der Waals surface area contributed by atoms with Gasteiger partial charge in [-0.05, 0) is 80.7 Å². The average Bonchev–Trinajstić information content (AvgIpc) is 3.52. The van der Waals surface area contributed by atoms with Crippen molar-refractivity contribution in [2.45, 2.75) is 0 Å². The van der Waals surface area contributed by atoms with Gasteiger partial charge >= 0.3 is 0 Å². The van der Waals surface area contributed by atoms with E-state index in [4.69, 9.17) is 4.42 Å². The van der Waals surface area contributed by atoms with Crippen LogP contribution in [0.2, 0.25) is 0 Å². The summed E-state index contributed by atoms with van der Waals surface area (Å²) in [6.07, 6.45) is 0. The Hall–Kier alpha value is -6.12. The van der Waals surface area contributed by atoms with Crippen molar-refractivity contribution in [3.63, 3.8) is 0 Å². The largest absolute Gasteiger partial charge is 0.455 e. The van der Waals surface area contributed by atoms with Gasteiger partial charge in [-0.2, -0.15) is 0 Å². The number of anilines is 3. The average molecular weight is 588 g/mol. The first-order valence-corrected chi connectivity index (χ1v) is 15.7. The van der Waals surface area contributed by atoms with Crippen LogP contribution in [-0.2, 0) is 0 Å². The van der Waals surface area contributed by atoms with Crippen molar-refractivity contribution in [1.29, 1.82) is 0 Å². The number of benzene rings is 8. The Morgan fingerprint density at radius 2 is 1.00 bits per heavy atom. The zero-order valence-corrected chi connectivity index (χ0v) is 25.1. The second-order valence-corrected chi connectivity index (χ2v) is 11.7. The molecule has 9 rings (SSSR count). The molecule has 0 aliphatic heterocycles. The first-order valence-electron chi connectivity index (χ1n) is 15.7. The number of furan rings is 1. The summed E-state index contributed by atoms with van der Waals surface area (Å²) in [5.41, 5.74) is 9.58. The van der Waals surface area contributed by atoms with E-state index in [0.717, 1.165) is 50.1 Å². The van der Waals surface area contributed by atoms with E-state index in [-0.39, 0.29) is 0 Å². The van der Waals surface area contributed by atoms with E-state index >= 15 is 0 Å². The summed E-state index contributed by atoms with van der Waals surface area (Å²) in [6, 6.07) is 62.6. The number of fused-ring (bicyclic) bond motifs is 6. The van der Waals surface area contributed by atoms with Gasteiger partial charge in [-0.15, -0.1) is 0 Å². The predicted octanol–water partition coefficient (Wildman–Crippen LogP) is 12.7. The van der Waals surface area contributed by atoms with E-state index in [1.165, 1.54) is 32.7 Å². The molecule has 46 heavy (non-hydrogen) atoms. The highest BCUT2D eigenvalue weighted by molar-refractivity contribution is 6.22. The fourth-order valence-corrected chi connectivity index (χ4v) is 6.85. The number of nitrogens with zero attached hydrogens (tertiary/aromatic N) is 1. The minimum Gasteiger partial charge on any atom is -0.455 e. The molecule has 0 radical (unpaired) electrons. The Bertz CT molecular complexity index is 2510. The molecule has 0 saturated carbocycles. The molecule has 0 aliphatic carbocycles. The zero-order chi connectivity index (χ0) is 30.5. The Labute approximate surface area is 267 Å². The SMILES string of the molecule is c1ccc(-c2ccc(N(c3ccc4ccccc4c3)c3ccc4c(oc5ccc6ccccc6c54)c3-c3ccccc3)cc2)cc1. The maximum atomic E-state index is 6.83. The molecule has 2 heteroatoms. The number of hydrogen-bond acceptors (Lipinski definition) is 2. The molecule has 0 unspecified atom stereocenters. The second-order valence-electron chi connectivity index (χ2n) is 11.7. The molecular weight excluding hydrogens is 558 g/mol. The van der Waals surface area contributed by atoms with Gasteiger partial charge in [0, 0.05) is 27.7 Å². The van der Waals surface area contributed by atoms with Crippen molar-refractivity contribution in [3.8, 4) is 22.3 Å². The summed E-state index contributed by atoms with van der Waals surface area (Å²) in [4.78, 5) is 2.37. The third-order valence-corrected chi connectivity index (χ3v) is 9.04. The van der Waals surface area contributed by atoms with Crippen LogP contribution in [0.25, 0.3) is 65.7 Å². The molecule has 0 spiro atoms. The fourth-order valence-electron chi connectivity index (χ4n) is 6.85. The highest BCUT2D eigenvalue weighted by atomic mass is 16.3. The molecule has 0 amide bonds. The van der Waals surface area contributed by atoms with Crippen molar-refractivity contribution in [3.05, 3.63) is 176 Å². The van der Waals surface area contributed by atoms with Crippen LogP contribution < -0.4 is 4.90 Å². The van der Waals surface area contributed by atoms with Gasteiger partial charge in [0.15, 0.2) is 0 Å². The van der Waals surface area contributed by atoms with E-state index in [0.29, 0.717) is 0 Å². The summed E-state index contributed by atoms with van der Waals surface area (Å²) in [7, 11) is 0. The molecule has 216 valence electrons. The third kappa shape index (κ3) is 4.35. The van der Waals surface area contributed by atoms with E-state index in [9.17, 15) is 0 Å². The normalized spacial score (nSPS) is 11.5. The minimum atomic E-state index is 0.891. The van der Waals surface area contributed by atoms with Crippen LogP contribution in [-0.4, -0.2) is 0 Å². The maximum absolute atomic E-state index is 6.83. The van der Waals surface area contributed by atoms with Gasteiger partial charge in [-0.25, -0.2) is 0 Å². The van der Waals surface area contributed by atoms with Crippen LogP contribution >= 0.6 is 0 Å². The molecule has 0 atom stereocenters. The summed E-state index contributed by atoms with van der Waals surface area (Å²) < 4.78 is 6.83. The Morgan fingerprint density at radius 1 is 0.391 bits per heavy atom. The molecule has 8 aromatic carbocycles. The summed E-state index contributed by atoms with van der Waals surface area (Å²) in [5.74, 6) is 0. The smallest absolute Gasteiger partial charge is 0.145 e. The van der Waals surface area contributed by atoms with Crippen LogP contribution in [0, 0.1) is 0 Å². The quantitative estimate of drug-likeness (QED) is 0.199. The van der Waals surface area contributed by atoms with Gasteiger partial charge in [-0.1, -0.05) is 133 Å². The maximum Gasteiger partial charge on any atom is 0.145 e. The van der Waals surface area contributed by atoms with Crippen LogP contribution in [0.4, 0.5) is 17.1 Å². The molecule has 0 bridgehead atoms. The zero-order valence-electron chi connectivity index (χ0n) is 25.1. The van der Waals surface area contributed by atoms with Crippen molar-refractivity contribution in [2.24, 2.45) is 0 Å². The second kappa shape index (κ2) is 10.8. The standard InChI is InChI=1S/C44H29NO/c1-3-11-30(12-4-1)32-19-23-36(24-20-32)45(37-25-21-31-13-7-8-17-35(31)29-37)40-27-26-39-43-38-18-10-9-14-33(38)22-28-41(43)46-44(39)42(40)34-15-5-2-6-16-34/h1-29H. The monoisotopic (exact) mass is 587 g/mol. The van der Waals surface area contributed by atoms with Gasteiger partial charge in [0.1, 0.15) is 11.2 Å². The minimum absolute atomic E-state index is 0.891. The molecule has 0 N–H and O–H groups in total. The lowest BCUT2D eigenvalue weighted by molar-refractivity contribution is 0.670. The first kappa shape index (κ1) is 26.3. The molecular formula is C44H29NO. The van der Waals surface area contributed by atoms with Crippen LogP contribution in [0.5, 0.6) is 0 Å². The molecule has 2 nitrogen and oxygen atoms in total. The van der Waals surface area contributed by atoms with Crippen LogP contribution in [0.3, 0.4) is 0 Å². The van der Waals surface area contributed by atoms with Crippen molar-refractivity contribution >= 4 is 60.5 Å². The Morgan fingerprint density at radius 3 is 1.78 bits per heavy atom. The molecule has 0 fully saturated rings. The van der Waals surface area contributed by atoms with Crippen LogP contribution in [0.15, 0.2) is 180 Å². The summed E-state index contributed by atoms with van der Waals surface area (Å²) in [6.45, 7) is 0. The third-order valence-electron chi connectivity index (χ3n) is 9.04. The molecule has 1 aromatic heterocycles. The summed E-state index contributed by atoms with van der Waals surface area (Å²) >= 11 is 0. The van der Waals surface area contributed by atoms with Gasteiger partial charge < -0.3 is 9.32 Å². The predicted molar refractivity (Wildman–Crippen MR) is 194 cm³/mol. The molecule has 0 saturated heterocycles. The van der Waals surface area contributed by atoms with E-state index in [2.05, 4.69) is 181 Å². The highest BCUT2D eigenvalue weighted by Crippen LogP contribution is 2.48. The van der Waals surface area contributed by atoms with E-state index in [1.807, 2.05) is 0 Å². The van der Waals surface area contributed by atoms with Crippen molar-refractivity contribution in [1.82, 2.24) is 0 Å². The Kier molecular flexibility index (Phi) is 6.17. The Balaban J connectivity index is 1.34. The first-order chi connectivity index (χ1) is 22.8. The van der Waals surface area contributed by atoms with Crippen molar-refractivity contribution in [2.75, 3.05) is 4.90 Å². The van der Waals surface area contributed by atoms with E-state index in [1.54, 1.807) is 0 Å². The molecule has 9 aromatic rings. The van der Waals surface area contributed by atoms with E-state index < -0.39 is 0 Å². The summed E-state index contributed by atoms with van der Waals surface area (Å²) in [5, 5.41) is 7.10. The van der Waals surface area contributed by atoms with Gasteiger partial charge in [0.25, 0.3) is 0 Å². The topological polar surface area (TPSA) is 16.4 Å². The number of rotatable bonds is 5. The molecule has 0 aliphatic rings. The fraction of sp³-hybridized carbons (Fsp3) is 0. The van der Waals surface area contributed by atoms with Gasteiger partial charge in [-0.3, -0.25) is 0 Å². The van der Waals surface area contributed by atoms with Crippen molar-refractivity contribution < 1.29 is 4.42 Å². The lowest BCUT2D eigenvalue weighted by atomic mass is 9.97. The lowest BCUT2D eigenvalue weighted by Crippen LogP contribution is -2.11. The highest BCUT2D eigenvalue weighted by Gasteiger charge is 2.23. The molecule has 1 heterocycles. The van der Waals surface area contributed by atoms with Gasteiger partial charge in [0.05, 0.1) is 5.69 Å². The van der Waals surface area contributed by atoms with Gasteiger partial charge in [0.2, 0.25) is 0 Å². The lowest BCUT2D eigenvalue weighted by Gasteiger charge is -2.28.